The average molecular weight is 435 g/mol. The molecule has 0 amide bonds. The van der Waals surface area contributed by atoms with Gasteiger partial charge in [0.2, 0.25) is 0 Å². The van der Waals surface area contributed by atoms with Crippen molar-refractivity contribution in [3.63, 3.8) is 0 Å². The molecular formula is C27H31ClN2O. The van der Waals surface area contributed by atoms with E-state index in [0.717, 1.165) is 42.0 Å². The van der Waals surface area contributed by atoms with Crippen LogP contribution in [-0.2, 0) is 13.0 Å². The molecule has 0 N–H and O–H groups in total. The van der Waals surface area contributed by atoms with Crippen LogP contribution in [-0.4, -0.2) is 29.2 Å². The van der Waals surface area contributed by atoms with Gasteiger partial charge in [0.05, 0.1) is 23.5 Å². The Labute approximate surface area is 190 Å². The van der Waals surface area contributed by atoms with Crippen molar-refractivity contribution >= 4 is 11.6 Å². The van der Waals surface area contributed by atoms with E-state index in [1.165, 1.54) is 60.2 Å². The van der Waals surface area contributed by atoms with Crippen LogP contribution in [0.15, 0.2) is 48.5 Å². The van der Waals surface area contributed by atoms with Gasteiger partial charge in [-0.1, -0.05) is 43.0 Å². The smallest absolute Gasteiger partial charge is 0.118 e. The zero-order chi connectivity index (χ0) is 21.4. The van der Waals surface area contributed by atoms with Gasteiger partial charge in [-0.2, -0.15) is 0 Å². The first-order chi connectivity index (χ1) is 15.2. The van der Waals surface area contributed by atoms with Gasteiger partial charge in [0.25, 0.3) is 0 Å². The number of benzene rings is 2. The van der Waals surface area contributed by atoms with Crippen LogP contribution in [0.5, 0.6) is 5.75 Å². The number of rotatable bonds is 4. The lowest BCUT2D eigenvalue weighted by molar-refractivity contribution is 0.140. The molecule has 2 aromatic carbocycles. The Morgan fingerprint density at radius 3 is 2.42 bits per heavy atom. The Balaban J connectivity index is 1.63. The van der Waals surface area contributed by atoms with E-state index in [9.17, 15) is 0 Å². The van der Waals surface area contributed by atoms with Gasteiger partial charge in [-0.15, -0.1) is 0 Å². The normalized spacial score (nSPS) is 17.5. The van der Waals surface area contributed by atoms with Gasteiger partial charge < -0.3 is 9.30 Å². The summed E-state index contributed by atoms with van der Waals surface area (Å²) < 4.78 is 7.82. The largest absolute Gasteiger partial charge is 0.497 e. The van der Waals surface area contributed by atoms with E-state index in [2.05, 4.69) is 40.7 Å². The highest BCUT2D eigenvalue weighted by molar-refractivity contribution is 6.32. The number of methoxy groups -OCH3 is 1. The highest BCUT2D eigenvalue weighted by atomic mass is 35.5. The standard InChI is InChI=1S/C27H31ClN2O/c1-19-23-18-29(21-8-4-3-5-9-21)17-16-25(23)30(26-11-7-6-10-24(26)28)27(19)20-12-14-22(31-2)15-13-20/h6-7,10-15,21H,3-5,8-9,16-18H2,1-2H3. The lowest BCUT2D eigenvalue weighted by atomic mass is 9.92. The fraction of sp³-hybridized carbons (Fsp3) is 0.407. The molecule has 2 heterocycles. The molecule has 0 saturated heterocycles. The van der Waals surface area contributed by atoms with E-state index < -0.39 is 0 Å². The van der Waals surface area contributed by atoms with Gasteiger partial charge in [-0.3, -0.25) is 4.90 Å². The van der Waals surface area contributed by atoms with E-state index in [-0.39, 0.29) is 0 Å². The summed E-state index contributed by atoms with van der Waals surface area (Å²) in [6.07, 6.45) is 7.93. The second-order valence-electron chi connectivity index (χ2n) is 8.93. The topological polar surface area (TPSA) is 17.4 Å². The molecule has 0 spiro atoms. The van der Waals surface area contributed by atoms with Crippen molar-refractivity contribution in [1.29, 1.82) is 0 Å². The number of nitrogens with zero attached hydrogens (tertiary/aromatic N) is 2. The van der Waals surface area contributed by atoms with Crippen LogP contribution in [0.1, 0.15) is 48.9 Å². The first-order valence-electron chi connectivity index (χ1n) is 11.5. The molecule has 4 heteroatoms. The Morgan fingerprint density at radius 2 is 1.71 bits per heavy atom. The predicted octanol–water partition coefficient (Wildman–Crippen LogP) is 6.81. The molecule has 3 nitrogen and oxygen atoms in total. The number of hydrogen-bond donors (Lipinski definition) is 0. The zero-order valence-corrected chi connectivity index (χ0v) is 19.3. The summed E-state index contributed by atoms with van der Waals surface area (Å²) in [6.45, 7) is 4.47. The third-order valence-electron chi connectivity index (χ3n) is 7.19. The first-order valence-corrected chi connectivity index (χ1v) is 11.9. The second kappa shape index (κ2) is 8.72. The number of fused-ring (bicyclic) bond motifs is 1. The molecule has 3 aromatic rings. The number of halogens is 1. The van der Waals surface area contributed by atoms with Crippen LogP contribution in [0, 0.1) is 6.92 Å². The summed E-state index contributed by atoms with van der Waals surface area (Å²) in [5.41, 5.74) is 7.82. The van der Waals surface area contributed by atoms with Gasteiger partial charge in [0, 0.05) is 31.2 Å². The summed E-state index contributed by atoms with van der Waals surface area (Å²) in [7, 11) is 1.71. The van der Waals surface area contributed by atoms with Gasteiger partial charge in [-0.25, -0.2) is 0 Å². The molecule has 1 aliphatic carbocycles. The number of ether oxygens (including phenoxy) is 1. The molecule has 31 heavy (non-hydrogen) atoms. The van der Waals surface area contributed by atoms with E-state index in [1.54, 1.807) is 7.11 Å². The molecule has 2 aliphatic rings. The zero-order valence-electron chi connectivity index (χ0n) is 18.5. The number of aromatic nitrogens is 1. The summed E-state index contributed by atoms with van der Waals surface area (Å²) in [6, 6.07) is 17.4. The fourth-order valence-corrected chi connectivity index (χ4v) is 5.77. The second-order valence-corrected chi connectivity index (χ2v) is 9.33. The van der Waals surface area contributed by atoms with E-state index in [4.69, 9.17) is 16.3 Å². The van der Waals surface area contributed by atoms with Crippen molar-refractivity contribution in [2.24, 2.45) is 0 Å². The Morgan fingerprint density at radius 1 is 0.968 bits per heavy atom. The van der Waals surface area contributed by atoms with Crippen LogP contribution in [0.4, 0.5) is 0 Å². The van der Waals surface area contributed by atoms with Crippen molar-refractivity contribution in [3.8, 4) is 22.7 Å². The maximum absolute atomic E-state index is 6.72. The predicted molar refractivity (Wildman–Crippen MR) is 128 cm³/mol. The van der Waals surface area contributed by atoms with Gasteiger partial charge in [0.1, 0.15) is 5.75 Å². The lowest BCUT2D eigenvalue weighted by Crippen LogP contribution is -2.40. The van der Waals surface area contributed by atoms with Crippen molar-refractivity contribution in [1.82, 2.24) is 9.47 Å². The molecule has 0 unspecified atom stereocenters. The highest BCUT2D eigenvalue weighted by Crippen LogP contribution is 2.40. The molecule has 0 radical (unpaired) electrons. The summed E-state index contributed by atoms with van der Waals surface area (Å²) in [4.78, 5) is 2.74. The first kappa shape index (κ1) is 20.7. The summed E-state index contributed by atoms with van der Waals surface area (Å²) in [5, 5.41) is 0.796. The highest BCUT2D eigenvalue weighted by Gasteiger charge is 2.31. The molecule has 162 valence electrons. The molecule has 1 aromatic heterocycles. The molecule has 1 fully saturated rings. The monoisotopic (exact) mass is 434 g/mol. The third kappa shape index (κ3) is 3.79. The van der Waals surface area contributed by atoms with E-state index in [0.29, 0.717) is 0 Å². The molecule has 0 bridgehead atoms. The van der Waals surface area contributed by atoms with E-state index in [1.807, 2.05) is 24.3 Å². The number of hydrogen-bond acceptors (Lipinski definition) is 2. The van der Waals surface area contributed by atoms with Crippen LogP contribution in [0.25, 0.3) is 16.9 Å². The van der Waals surface area contributed by atoms with Crippen molar-refractivity contribution in [2.75, 3.05) is 13.7 Å². The molecule has 0 atom stereocenters. The maximum Gasteiger partial charge on any atom is 0.118 e. The lowest BCUT2D eigenvalue weighted by Gasteiger charge is -2.37. The Bertz CT molecular complexity index is 1060. The SMILES string of the molecule is COc1ccc(-c2c(C)c3c(n2-c2ccccc2Cl)CCN(C2CCCCC2)C3)cc1. The van der Waals surface area contributed by atoms with Gasteiger partial charge in [-0.05, 0) is 72.9 Å². The minimum absolute atomic E-state index is 0.745. The Kier molecular flexibility index (Phi) is 5.81. The molecule has 1 aliphatic heterocycles. The third-order valence-corrected chi connectivity index (χ3v) is 7.51. The summed E-state index contributed by atoms with van der Waals surface area (Å²) in [5.74, 6) is 0.880. The van der Waals surface area contributed by atoms with Crippen LogP contribution in [0.3, 0.4) is 0 Å². The molecule has 5 rings (SSSR count). The van der Waals surface area contributed by atoms with Gasteiger partial charge in [0.15, 0.2) is 0 Å². The number of para-hydroxylation sites is 1. The van der Waals surface area contributed by atoms with Crippen molar-refractivity contribution in [3.05, 3.63) is 70.4 Å². The van der Waals surface area contributed by atoms with E-state index >= 15 is 0 Å². The fourth-order valence-electron chi connectivity index (χ4n) is 5.55. The quantitative estimate of drug-likeness (QED) is 0.449. The molecular weight excluding hydrogens is 404 g/mol. The minimum atomic E-state index is 0.745. The van der Waals surface area contributed by atoms with Crippen LogP contribution in [0.2, 0.25) is 5.02 Å². The molecule has 1 saturated carbocycles. The Hall–Kier alpha value is -2.23. The van der Waals surface area contributed by atoms with Gasteiger partial charge >= 0.3 is 0 Å². The minimum Gasteiger partial charge on any atom is -0.497 e. The van der Waals surface area contributed by atoms with Crippen molar-refractivity contribution in [2.45, 2.75) is 58.0 Å². The summed E-state index contributed by atoms with van der Waals surface area (Å²) >= 11 is 6.72. The van der Waals surface area contributed by atoms with Crippen LogP contribution < -0.4 is 4.74 Å². The van der Waals surface area contributed by atoms with Crippen molar-refractivity contribution < 1.29 is 4.74 Å². The average Bonchev–Trinajstić information content (AvgIpc) is 3.11. The van der Waals surface area contributed by atoms with Crippen LogP contribution >= 0.6 is 11.6 Å². The maximum atomic E-state index is 6.72.